The summed E-state index contributed by atoms with van der Waals surface area (Å²) < 4.78 is 5.25. The maximum atomic E-state index is 12.6. The predicted molar refractivity (Wildman–Crippen MR) is 79.0 cm³/mol. The Morgan fingerprint density at radius 2 is 1.90 bits per heavy atom. The molecule has 1 aliphatic rings. The number of halogens is 2. The van der Waals surface area contributed by atoms with Crippen LogP contribution < -0.4 is 0 Å². The van der Waals surface area contributed by atoms with Crippen molar-refractivity contribution < 1.29 is 19.4 Å². The van der Waals surface area contributed by atoms with E-state index < -0.39 is 5.97 Å². The van der Waals surface area contributed by atoms with Crippen LogP contribution in [-0.2, 0) is 9.53 Å². The maximum Gasteiger partial charge on any atom is 0.323 e. The van der Waals surface area contributed by atoms with Gasteiger partial charge in [0.15, 0.2) is 0 Å². The predicted octanol–water partition coefficient (Wildman–Crippen LogP) is 2.70. The van der Waals surface area contributed by atoms with E-state index >= 15 is 0 Å². The van der Waals surface area contributed by atoms with Crippen LogP contribution in [0.3, 0.4) is 0 Å². The van der Waals surface area contributed by atoms with E-state index in [0.29, 0.717) is 36.6 Å². The number of hydrogen-bond donors (Lipinski definition) is 1. The van der Waals surface area contributed by atoms with Gasteiger partial charge in [-0.1, -0.05) is 23.2 Å². The molecule has 1 heterocycles. The Labute approximate surface area is 132 Å². The summed E-state index contributed by atoms with van der Waals surface area (Å²) in [6.07, 6.45) is 1.25. The second kappa shape index (κ2) is 7.11. The van der Waals surface area contributed by atoms with Gasteiger partial charge in [0, 0.05) is 24.8 Å². The molecule has 7 heteroatoms. The molecule has 2 rings (SSSR count). The molecule has 0 saturated carbocycles. The Morgan fingerprint density at radius 3 is 2.48 bits per heavy atom. The number of hydrogen-bond acceptors (Lipinski definition) is 3. The van der Waals surface area contributed by atoms with Crippen LogP contribution in [0.2, 0.25) is 10.0 Å². The van der Waals surface area contributed by atoms with Crippen molar-refractivity contribution in [3.8, 4) is 0 Å². The number of carbonyl (C=O) groups is 2. The maximum absolute atomic E-state index is 12.6. The summed E-state index contributed by atoms with van der Waals surface area (Å²) in [5.74, 6) is -1.40. The number of nitrogens with zero attached hydrogens (tertiary/aromatic N) is 1. The van der Waals surface area contributed by atoms with Crippen molar-refractivity contribution in [1.82, 2.24) is 4.90 Å². The minimum Gasteiger partial charge on any atom is -0.480 e. The van der Waals surface area contributed by atoms with Gasteiger partial charge in [-0.3, -0.25) is 9.59 Å². The second-order valence-corrected chi connectivity index (χ2v) is 5.61. The lowest BCUT2D eigenvalue weighted by molar-refractivity contribution is -0.138. The lowest BCUT2D eigenvalue weighted by Crippen LogP contribution is -2.46. The average molecular weight is 332 g/mol. The van der Waals surface area contributed by atoms with Gasteiger partial charge >= 0.3 is 5.97 Å². The minimum atomic E-state index is -1.05. The quantitative estimate of drug-likeness (QED) is 0.921. The number of benzene rings is 1. The van der Waals surface area contributed by atoms with Gasteiger partial charge in [-0.15, -0.1) is 0 Å². The number of amides is 1. The van der Waals surface area contributed by atoms with Crippen LogP contribution >= 0.6 is 23.2 Å². The summed E-state index contributed by atoms with van der Waals surface area (Å²) >= 11 is 11.7. The highest BCUT2D eigenvalue weighted by Crippen LogP contribution is 2.24. The van der Waals surface area contributed by atoms with Crippen LogP contribution in [0.5, 0.6) is 0 Å². The first-order valence-electron chi connectivity index (χ1n) is 6.54. The summed E-state index contributed by atoms with van der Waals surface area (Å²) in [5.41, 5.74) is 0.331. The summed E-state index contributed by atoms with van der Waals surface area (Å²) in [5, 5.41) is 9.66. The number of rotatable bonds is 4. The van der Waals surface area contributed by atoms with Crippen molar-refractivity contribution in [3.63, 3.8) is 0 Å². The Hall–Kier alpha value is -1.30. The average Bonchev–Trinajstić information content (AvgIpc) is 2.47. The Bertz CT molecular complexity index is 544. The normalized spacial score (nSPS) is 15.7. The van der Waals surface area contributed by atoms with Crippen LogP contribution in [-0.4, -0.2) is 47.7 Å². The zero-order valence-corrected chi connectivity index (χ0v) is 12.7. The fraction of sp³-hybridized carbons (Fsp3) is 0.429. The number of ether oxygens (including phenoxy) is 1. The molecule has 1 fully saturated rings. The van der Waals surface area contributed by atoms with E-state index in [1.807, 2.05) is 0 Å². The zero-order chi connectivity index (χ0) is 15.4. The van der Waals surface area contributed by atoms with E-state index in [1.165, 1.54) is 17.0 Å². The summed E-state index contributed by atoms with van der Waals surface area (Å²) in [6, 6.07) is 4.39. The second-order valence-electron chi connectivity index (χ2n) is 4.80. The van der Waals surface area contributed by atoms with Crippen molar-refractivity contribution >= 4 is 35.1 Å². The third-order valence-corrected chi connectivity index (χ3v) is 4.10. The molecule has 0 bridgehead atoms. The third-order valence-electron chi connectivity index (χ3n) is 3.36. The first-order chi connectivity index (χ1) is 9.99. The number of aliphatic carboxylic acids is 1. The fourth-order valence-corrected chi connectivity index (χ4v) is 2.60. The zero-order valence-electron chi connectivity index (χ0n) is 11.2. The molecule has 1 aliphatic heterocycles. The largest absolute Gasteiger partial charge is 0.480 e. The molecule has 114 valence electrons. The van der Waals surface area contributed by atoms with Gasteiger partial charge in [-0.25, -0.2) is 0 Å². The van der Waals surface area contributed by atoms with Crippen molar-refractivity contribution in [2.24, 2.45) is 0 Å². The molecule has 0 radical (unpaired) electrons. The Kier molecular flexibility index (Phi) is 5.45. The number of carbonyl (C=O) groups excluding carboxylic acids is 1. The van der Waals surface area contributed by atoms with Gasteiger partial charge in [-0.05, 0) is 31.0 Å². The van der Waals surface area contributed by atoms with E-state index in [0.717, 1.165) is 0 Å². The highest BCUT2D eigenvalue weighted by atomic mass is 35.5. The van der Waals surface area contributed by atoms with E-state index in [1.54, 1.807) is 6.07 Å². The van der Waals surface area contributed by atoms with Crippen molar-refractivity contribution in [1.29, 1.82) is 0 Å². The molecule has 0 atom stereocenters. The smallest absolute Gasteiger partial charge is 0.323 e. The van der Waals surface area contributed by atoms with Gasteiger partial charge in [0.05, 0.1) is 10.0 Å². The van der Waals surface area contributed by atoms with Crippen LogP contribution in [0.1, 0.15) is 23.2 Å². The van der Waals surface area contributed by atoms with Crippen LogP contribution in [0.4, 0.5) is 0 Å². The highest BCUT2D eigenvalue weighted by molar-refractivity contribution is 6.42. The van der Waals surface area contributed by atoms with Crippen LogP contribution in [0.25, 0.3) is 0 Å². The van der Waals surface area contributed by atoms with Gasteiger partial charge in [0.25, 0.3) is 5.91 Å². The summed E-state index contributed by atoms with van der Waals surface area (Å²) in [6.45, 7) is 0.703. The fourth-order valence-electron chi connectivity index (χ4n) is 2.30. The van der Waals surface area contributed by atoms with Crippen molar-refractivity contribution in [2.75, 3.05) is 19.8 Å². The molecule has 0 unspecified atom stereocenters. The van der Waals surface area contributed by atoms with Gasteiger partial charge in [0.1, 0.15) is 6.54 Å². The first kappa shape index (κ1) is 16.1. The van der Waals surface area contributed by atoms with Crippen molar-refractivity contribution in [2.45, 2.75) is 18.9 Å². The van der Waals surface area contributed by atoms with E-state index in [9.17, 15) is 9.59 Å². The molecule has 0 aliphatic carbocycles. The molecule has 5 nitrogen and oxygen atoms in total. The molecule has 0 aromatic heterocycles. The molecule has 1 amide bonds. The van der Waals surface area contributed by atoms with Gasteiger partial charge in [0.2, 0.25) is 0 Å². The van der Waals surface area contributed by atoms with Crippen molar-refractivity contribution in [3.05, 3.63) is 33.8 Å². The third kappa shape index (κ3) is 4.09. The minimum absolute atomic E-state index is 0.142. The molecule has 0 spiro atoms. The Morgan fingerprint density at radius 1 is 1.24 bits per heavy atom. The van der Waals surface area contributed by atoms with E-state index in [2.05, 4.69) is 0 Å². The van der Waals surface area contributed by atoms with Gasteiger partial charge in [-0.2, -0.15) is 0 Å². The number of carboxylic acid groups (broad SMARTS) is 1. The summed E-state index contributed by atoms with van der Waals surface area (Å²) in [7, 11) is 0. The lowest BCUT2D eigenvalue weighted by Gasteiger charge is -2.33. The molecule has 1 aromatic carbocycles. The molecular weight excluding hydrogens is 317 g/mol. The van der Waals surface area contributed by atoms with E-state index in [4.69, 9.17) is 33.0 Å². The topological polar surface area (TPSA) is 66.8 Å². The number of carboxylic acids is 1. The summed E-state index contributed by atoms with van der Waals surface area (Å²) in [4.78, 5) is 25.0. The van der Waals surface area contributed by atoms with E-state index in [-0.39, 0.29) is 23.5 Å². The highest BCUT2D eigenvalue weighted by Gasteiger charge is 2.28. The monoisotopic (exact) mass is 331 g/mol. The molecule has 1 N–H and O–H groups in total. The molecule has 1 aromatic rings. The lowest BCUT2D eigenvalue weighted by atomic mass is 10.1. The van der Waals surface area contributed by atoms with Gasteiger partial charge < -0.3 is 14.7 Å². The standard InChI is InChI=1S/C14H15Cl2NO4/c15-11-2-1-9(7-12(11)16)14(20)17(8-13(18)19)10-3-5-21-6-4-10/h1-2,7,10H,3-6,8H2,(H,18,19). The van der Waals surface area contributed by atoms with Crippen LogP contribution in [0.15, 0.2) is 18.2 Å². The van der Waals surface area contributed by atoms with Crippen LogP contribution in [0, 0.1) is 0 Å². The Balaban J connectivity index is 2.23. The first-order valence-corrected chi connectivity index (χ1v) is 7.30. The molecular formula is C14H15Cl2NO4. The SMILES string of the molecule is O=C(O)CN(C(=O)c1ccc(Cl)c(Cl)c1)C1CCOCC1. The molecule has 21 heavy (non-hydrogen) atoms. The molecule has 1 saturated heterocycles.